The Morgan fingerprint density at radius 2 is 2.19 bits per heavy atom. The second-order valence-electron chi connectivity index (χ2n) is 4.29. The molecule has 1 unspecified atom stereocenters. The van der Waals surface area contributed by atoms with Crippen LogP contribution in [0.15, 0.2) is 4.99 Å². The number of aliphatic imine (C=N–C) groups is 1. The number of guanidine groups is 1. The van der Waals surface area contributed by atoms with Gasteiger partial charge in [0, 0.05) is 31.2 Å². The molecule has 0 saturated carbocycles. The summed E-state index contributed by atoms with van der Waals surface area (Å²) in [4.78, 5) is 6.64. The Kier molecular flexibility index (Phi) is 4.78. The van der Waals surface area contributed by atoms with Crippen LogP contribution in [0.3, 0.4) is 0 Å². The Labute approximate surface area is 102 Å². The first-order valence-corrected chi connectivity index (χ1v) is 7.26. The minimum Gasteiger partial charge on any atom is -0.376 e. The molecule has 5 heteroatoms. The maximum Gasteiger partial charge on any atom is 0.191 e. The zero-order chi connectivity index (χ0) is 11.2. The zero-order valence-corrected chi connectivity index (χ0v) is 10.5. The van der Waals surface area contributed by atoms with Gasteiger partial charge in [-0.2, -0.15) is 11.8 Å². The highest BCUT2D eigenvalue weighted by molar-refractivity contribution is 7.99. The van der Waals surface area contributed by atoms with Crippen LogP contribution in [0.1, 0.15) is 19.3 Å². The fourth-order valence-corrected chi connectivity index (χ4v) is 2.94. The summed E-state index contributed by atoms with van der Waals surface area (Å²) in [5, 5.41) is 0. The molecule has 0 spiro atoms. The first-order valence-electron chi connectivity index (χ1n) is 6.10. The lowest BCUT2D eigenvalue weighted by molar-refractivity contribution is 0.0223. The predicted octanol–water partition coefficient (Wildman–Crippen LogP) is 0.919. The summed E-state index contributed by atoms with van der Waals surface area (Å²) in [6.07, 6.45) is 3.89. The number of ether oxygens (including phenoxy) is 1. The minimum absolute atomic E-state index is 0.298. The lowest BCUT2D eigenvalue weighted by Gasteiger charge is -2.28. The molecule has 92 valence electrons. The van der Waals surface area contributed by atoms with Crippen molar-refractivity contribution < 1.29 is 4.74 Å². The fraction of sp³-hybridized carbons (Fsp3) is 0.909. The summed E-state index contributed by atoms with van der Waals surface area (Å²) in [6.45, 7) is 3.69. The SMILES string of the molecule is NC(=NCC1CCCCO1)N1CCSCC1. The third kappa shape index (κ3) is 3.56. The molecule has 4 nitrogen and oxygen atoms in total. The van der Waals surface area contributed by atoms with Gasteiger partial charge in [0.25, 0.3) is 0 Å². The van der Waals surface area contributed by atoms with Gasteiger partial charge in [-0.25, -0.2) is 0 Å². The molecule has 0 aromatic heterocycles. The van der Waals surface area contributed by atoms with Gasteiger partial charge in [0.05, 0.1) is 12.6 Å². The molecule has 0 radical (unpaired) electrons. The van der Waals surface area contributed by atoms with Crippen LogP contribution in [0.25, 0.3) is 0 Å². The Morgan fingerprint density at radius 1 is 1.38 bits per heavy atom. The van der Waals surface area contributed by atoms with Crippen molar-refractivity contribution in [2.75, 3.05) is 37.7 Å². The van der Waals surface area contributed by atoms with Gasteiger partial charge in [-0.3, -0.25) is 4.99 Å². The number of rotatable bonds is 2. The molecule has 2 heterocycles. The second-order valence-corrected chi connectivity index (χ2v) is 5.51. The third-order valence-electron chi connectivity index (χ3n) is 3.07. The number of hydrogen-bond donors (Lipinski definition) is 1. The van der Waals surface area contributed by atoms with Crippen molar-refractivity contribution in [3.05, 3.63) is 0 Å². The largest absolute Gasteiger partial charge is 0.376 e. The molecule has 1 atom stereocenters. The molecule has 2 N–H and O–H groups in total. The lowest BCUT2D eigenvalue weighted by atomic mass is 10.1. The van der Waals surface area contributed by atoms with Crippen LogP contribution in [0.2, 0.25) is 0 Å². The second kappa shape index (κ2) is 6.35. The molecule has 2 fully saturated rings. The van der Waals surface area contributed by atoms with E-state index in [9.17, 15) is 0 Å². The van der Waals surface area contributed by atoms with E-state index in [0.29, 0.717) is 12.1 Å². The van der Waals surface area contributed by atoms with Gasteiger partial charge in [0.15, 0.2) is 5.96 Å². The van der Waals surface area contributed by atoms with Gasteiger partial charge in [-0.15, -0.1) is 0 Å². The maximum absolute atomic E-state index is 5.98. The van der Waals surface area contributed by atoms with Crippen molar-refractivity contribution in [3.63, 3.8) is 0 Å². The van der Waals surface area contributed by atoms with E-state index in [1.807, 2.05) is 11.8 Å². The standard InChI is InChI=1S/C11H21N3OS/c12-11(14-4-7-16-8-5-14)13-9-10-3-1-2-6-15-10/h10H,1-9H2,(H2,12,13). The molecule has 2 aliphatic rings. The van der Waals surface area contributed by atoms with Gasteiger partial charge in [0.2, 0.25) is 0 Å². The molecule has 2 saturated heterocycles. The van der Waals surface area contributed by atoms with Crippen LogP contribution in [0.5, 0.6) is 0 Å². The van der Waals surface area contributed by atoms with Crippen molar-refractivity contribution in [1.82, 2.24) is 4.90 Å². The average Bonchev–Trinajstić information content (AvgIpc) is 2.38. The average molecular weight is 243 g/mol. The molecule has 2 aliphatic heterocycles. The first kappa shape index (κ1) is 12.0. The van der Waals surface area contributed by atoms with Crippen LogP contribution in [0, 0.1) is 0 Å². The Morgan fingerprint density at radius 3 is 2.88 bits per heavy atom. The van der Waals surface area contributed by atoms with Crippen molar-refractivity contribution in [2.45, 2.75) is 25.4 Å². The van der Waals surface area contributed by atoms with E-state index >= 15 is 0 Å². The highest BCUT2D eigenvalue weighted by Crippen LogP contribution is 2.13. The molecule has 2 rings (SSSR count). The number of nitrogens with two attached hydrogens (primary N) is 1. The summed E-state index contributed by atoms with van der Waals surface area (Å²) in [6, 6.07) is 0. The number of thioether (sulfide) groups is 1. The summed E-state index contributed by atoms with van der Waals surface area (Å²) in [5.41, 5.74) is 5.98. The van der Waals surface area contributed by atoms with E-state index in [4.69, 9.17) is 10.5 Å². The van der Waals surface area contributed by atoms with E-state index in [-0.39, 0.29) is 0 Å². The van der Waals surface area contributed by atoms with Crippen molar-refractivity contribution in [1.29, 1.82) is 0 Å². The van der Waals surface area contributed by atoms with E-state index in [1.54, 1.807) is 0 Å². The van der Waals surface area contributed by atoms with Crippen LogP contribution in [0.4, 0.5) is 0 Å². The summed E-state index contributed by atoms with van der Waals surface area (Å²) < 4.78 is 5.63. The fourth-order valence-electron chi connectivity index (χ4n) is 2.04. The van der Waals surface area contributed by atoms with Gasteiger partial charge < -0.3 is 15.4 Å². The number of nitrogens with zero attached hydrogens (tertiary/aromatic N) is 2. The summed E-state index contributed by atoms with van der Waals surface area (Å²) in [5.74, 6) is 3.03. The van der Waals surface area contributed by atoms with Crippen LogP contribution >= 0.6 is 11.8 Å². The highest BCUT2D eigenvalue weighted by Gasteiger charge is 2.15. The van der Waals surface area contributed by atoms with Crippen molar-refractivity contribution >= 4 is 17.7 Å². The molecule has 0 aliphatic carbocycles. The van der Waals surface area contributed by atoms with E-state index in [2.05, 4.69) is 9.89 Å². The third-order valence-corrected chi connectivity index (χ3v) is 4.01. The zero-order valence-electron chi connectivity index (χ0n) is 9.73. The van der Waals surface area contributed by atoms with Gasteiger partial charge in [-0.05, 0) is 19.3 Å². The molecular formula is C11H21N3OS. The highest BCUT2D eigenvalue weighted by atomic mass is 32.2. The molecule has 0 amide bonds. The molecule has 0 aromatic rings. The summed E-state index contributed by atoms with van der Waals surface area (Å²) >= 11 is 1.99. The molecule has 0 bridgehead atoms. The van der Waals surface area contributed by atoms with Crippen LogP contribution in [-0.4, -0.2) is 54.7 Å². The quantitative estimate of drug-likeness (QED) is 0.579. The van der Waals surface area contributed by atoms with Crippen molar-refractivity contribution in [2.24, 2.45) is 10.7 Å². The monoisotopic (exact) mass is 243 g/mol. The van der Waals surface area contributed by atoms with Gasteiger partial charge in [0.1, 0.15) is 0 Å². The Bertz CT molecular complexity index is 235. The predicted molar refractivity (Wildman–Crippen MR) is 69.0 cm³/mol. The van der Waals surface area contributed by atoms with E-state index < -0.39 is 0 Å². The molecule has 0 aromatic carbocycles. The van der Waals surface area contributed by atoms with Gasteiger partial charge >= 0.3 is 0 Å². The van der Waals surface area contributed by atoms with Gasteiger partial charge in [-0.1, -0.05) is 0 Å². The van der Waals surface area contributed by atoms with Crippen LogP contribution < -0.4 is 5.73 Å². The topological polar surface area (TPSA) is 50.9 Å². The maximum atomic E-state index is 5.98. The minimum atomic E-state index is 0.298. The van der Waals surface area contributed by atoms with E-state index in [1.165, 1.54) is 12.8 Å². The molecular weight excluding hydrogens is 222 g/mol. The Hall–Kier alpha value is -0.420. The van der Waals surface area contributed by atoms with E-state index in [0.717, 1.165) is 44.2 Å². The van der Waals surface area contributed by atoms with Crippen LogP contribution in [-0.2, 0) is 4.74 Å². The lowest BCUT2D eigenvalue weighted by Crippen LogP contribution is -2.43. The Balaban J connectivity index is 1.76. The molecule has 16 heavy (non-hydrogen) atoms. The number of hydrogen-bond acceptors (Lipinski definition) is 3. The summed E-state index contributed by atoms with van der Waals surface area (Å²) in [7, 11) is 0. The first-order chi connectivity index (χ1) is 7.86. The smallest absolute Gasteiger partial charge is 0.191 e. The normalized spacial score (nSPS) is 28.1. The van der Waals surface area contributed by atoms with Crippen molar-refractivity contribution in [3.8, 4) is 0 Å².